The lowest BCUT2D eigenvalue weighted by molar-refractivity contribution is -0.137. The number of halogens is 3. The second kappa shape index (κ2) is 4.33. The van der Waals surface area contributed by atoms with Crippen LogP contribution in [0.3, 0.4) is 0 Å². The van der Waals surface area contributed by atoms with Gasteiger partial charge in [-0.15, -0.1) is 0 Å². The van der Waals surface area contributed by atoms with Crippen molar-refractivity contribution in [1.82, 2.24) is 5.32 Å². The maximum atomic E-state index is 12.2. The average Bonchev–Trinajstić information content (AvgIpc) is 2.17. The van der Waals surface area contributed by atoms with E-state index in [1.165, 1.54) is 12.1 Å². The van der Waals surface area contributed by atoms with Crippen LogP contribution in [-0.2, 0) is 11.0 Å². The normalized spacial score (nSPS) is 13.3. The van der Waals surface area contributed by atoms with E-state index >= 15 is 0 Å². The van der Waals surface area contributed by atoms with E-state index in [0.29, 0.717) is 12.0 Å². The molecule has 2 nitrogen and oxygen atoms in total. The lowest BCUT2D eigenvalue weighted by Crippen LogP contribution is -2.16. The molecular weight excluding hydrogens is 207 g/mol. The number of benzene rings is 1. The maximum absolute atomic E-state index is 12.2. The van der Waals surface area contributed by atoms with Gasteiger partial charge in [-0.25, -0.2) is 0 Å². The fourth-order valence-corrected chi connectivity index (χ4v) is 1.16. The van der Waals surface area contributed by atoms with Gasteiger partial charge in [0.25, 0.3) is 0 Å². The second-order valence-corrected chi connectivity index (χ2v) is 3.13. The van der Waals surface area contributed by atoms with Gasteiger partial charge in [-0.2, -0.15) is 13.2 Å². The van der Waals surface area contributed by atoms with Gasteiger partial charge in [-0.05, 0) is 24.6 Å². The molecule has 15 heavy (non-hydrogen) atoms. The number of nitrogens with one attached hydrogen (secondary N) is 1. The van der Waals surface area contributed by atoms with E-state index in [1.54, 1.807) is 6.92 Å². The molecule has 1 unspecified atom stereocenters. The predicted molar refractivity (Wildman–Crippen MR) is 49.1 cm³/mol. The smallest absolute Gasteiger partial charge is 0.352 e. The molecule has 1 aromatic carbocycles. The standard InChI is InChI=1S/C10H10F3NO/c1-7(14-6-15)8-2-4-9(5-3-8)10(11,12)13/h2-7H,1H3,(H,14,15). The first-order chi connectivity index (χ1) is 6.95. The first-order valence-electron chi connectivity index (χ1n) is 4.32. The highest BCUT2D eigenvalue weighted by molar-refractivity contribution is 5.47. The molecule has 1 atom stereocenters. The van der Waals surface area contributed by atoms with E-state index in [-0.39, 0.29) is 6.04 Å². The van der Waals surface area contributed by atoms with Crippen molar-refractivity contribution >= 4 is 6.41 Å². The summed E-state index contributed by atoms with van der Waals surface area (Å²) in [5.74, 6) is 0. The van der Waals surface area contributed by atoms with E-state index in [0.717, 1.165) is 12.1 Å². The van der Waals surface area contributed by atoms with E-state index < -0.39 is 11.7 Å². The highest BCUT2D eigenvalue weighted by Gasteiger charge is 2.30. The van der Waals surface area contributed by atoms with Crippen molar-refractivity contribution in [2.75, 3.05) is 0 Å². The summed E-state index contributed by atoms with van der Waals surface area (Å²) in [5.41, 5.74) is -0.0559. The lowest BCUT2D eigenvalue weighted by Gasteiger charge is -2.12. The van der Waals surface area contributed by atoms with Gasteiger partial charge in [0.2, 0.25) is 6.41 Å². The minimum absolute atomic E-state index is 0.287. The monoisotopic (exact) mass is 217 g/mol. The molecule has 0 radical (unpaired) electrons. The van der Waals surface area contributed by atoms with Gasteiger partial charge < -0.3 is 5.32 Å². The van der Waals surface area contributed by atoms with Crippen molar-refractivity contribution in [2.24, 2.45) is 0 Å². The maximum Gasteiger partial charge on any atom is 0.416 e. The third-order valence-electron chi connectivity index (χ3n) is 2.06. The van der Waals surface area contributed by atoms with E-state index in [9.17, 15) is 18.0 Å². The molecule has 0 saturated carbocycles. The fraction of sp³-hybridized carbons (Fsp3) is 0.300. The minimum Gasteiger partial charge on any atom is -0.352 e. The molecule has 0 fully saturated rings. The number of rotatable bonds is 3. The summed E-state index contributed by atoms with van der Waals surface area (Å²) in [4.78, 5) is 10.1. The molecule has 1 aromatic rings. The third kappa shape index (κ3) is 2.97. The zero-order valence-corrected chi connectivity index (χ0v) is 8.01. The van der Waals surface area contributed by atoms with Gasteiger partial charge >= 0.3 is 6.18 Å². The van der Waals surface area contributed by atoms with Gasteiger partial charge in [0, 0.05) is 0 Å². The number of carbonyl (C=O) groups excluding carboxylic acids is 1. The van der Waals surface area contributed by atoms with Crippen LogP contribution in [0.1, 0.15) is 24.1 Å². The number of alkyl halides is 3. The predicted octanol–water partition coefficient (Wildman–Crippen LogP) is 2.51. The summed E-state index contributed by atoms with van der Waals surface area (Å²) < 4.78 is 36.6. The molecule has 1 N–H and O–H groups in total. The summed E-state index contributed by atoms with van der Waals surface area (Å²) in [6.07, 6.45) is -3.80. The molecule has 1 rings (SSSR count). The van der Waals surface area contributed by atoms with Gasteiger partial charge in [0.1, 0.15) is 0 Å². The largest absolute Gasteiger partial charge is 0.416 e. The first kappa shape index (κ1) is 11.6. The quantitative estimate of drug-likeness (QED) is 0.774. The van der Waals surface area contributed by atoms with Crippen LogP contribution < -0.4 is 5.32 Å². The number of amides is 1. The first-order valence-corrected chi connectivity index (χ1v) is 4.32. The third-order valence-corrected chi connectivity index (χ3v) is 2.06. The van der Waals surface area contributed by atoms with Crippen LogP contribution >= 0.6 is 0 Å². The van der Waals surface area contributed by atoms with E-state index in [4.69, 9.17) is 0 Å². The zero-order valence-electron chi connectivity index (χ0n) is 8.01. The molecule has 0 heterocycles. The van der Waals surface area contributed by atoms with Gasteiger partial charge in [-0.1, -0.05) is 12.1 Å². The Bertz CT molecular complexity index is 332. The van der Waals surface area contributed by atoms with Crippen molar-refractivity contribution in [3.05, 3.63) is 35.4 Å². The summed E-state index contributed by atoms with van der Waals surface area (Å²) in [7, 11) is 0. The van der Waals surface area contributed by atoms with Crippen LogP contribution in [0.15, 0.2) is 24.3 Å². The molecule has 0 aliphatic carbocycles. The second-order valence-electron chi connectivity index (χ2n) is 3.13. The molecule has 5 heteroatoms. The van der Waals surface area contributed by atoms with Gasteiger partial charge in [-0.3, -0.25) is 4.79 Å². The molecule has 1 amide bonds. The summed E-state index contributed by atoms with van der Waals surface area (Å²) in [6, 6.07) is 4.41. The molecule has 0 aliphatic heterocycles. The molecular formula is C10H10F3NO. The number of hydrogen-bond acceptors (Lipinski definition) is 1. The van der Waals surface area contributed by atoms with Crippen LogP contribution in [0.2, 0.25) is 0 Å². The van der Waals surface area contributed by atoms with E-state index in [1.807, 2.05) is 0 Å². The van der Waals surface area contributed by atoms with Crippen LogP contribution in [0, 0.1) is 0 Å². The van der Waals surface area contributed by atoms with Crippen molar-refractivity contribution in [2.45, 2.75) is 19.1 Å². The Labute approximate surface area is 85.1 Å². The van der Waals surface area contributed by atoms with Gasteiger partial charge in [0.05, 0.1) is 11.6 Å². The Morgan fingerprint density at radius 1 is 1.27 bits per heavy atom. The SMILES string of the molecule is CC(NC=O)c1ccc(C(F)(F)F)cc1. The molecule has 0 bridgehead atoms. The Balaban J connectivity index is 2.85. The topological polar surface area (TPSA) is 29.1 Å². The summed E-state index contributed by atoms with van der Waals surface area (Å²) in [5, 5.41) is 2.46. The molecule has 0 aromatic heterocycles. The summed E-state index contributed by atoms with van der Waals surface area (Å²) >= 11 is 0. The fourth-order valence-electron chi connectivity index (χ4n) is 1.16. The van der Waals surface area contributed by atoms with Crippen molar-refractivity contribution in [3.63, 3.8) is 0 Å². The minimum atomic E-state index is -4.32. The average molecular weight is 217 g/mol. The number of carbonyl (C=O) groups is 1. The Morgan fingerprint density at radius 2 is 1.80 bits per heavy atom. The summed E-state index contributed by atoms with van der Waals surface area (Å²) in [6.45, 7) is 1.69. The molecule has 0 saturated heterocycles. The van der Waals surface area contributed by atoms with Crippen molar-refractivity contribution in [3.8, 4) is 0 Å². The van der Waals surface area contributed by atoms with Crippen LogP contribution in [0.4, 0.5) is 13.2 Å². The van der Waals surface area contributed by atoms with Crippen molar-refractivity contribution in [1.29, 1.82) is 0 Å². The Morgan fingerprint density at radius 3 is 2.20 bits per heavy atom. The van der Waals surface area contributed by atoms with Crippen molar-refractivity contribution < 1.29 is 18.0 Å². The highest BCUT2D eigenvalue weighted by atomic mass is 19.4. The lowest BCUT2D eigenvalue weighted by atomic mass is 10.1. The zero-order chi connectivity index (χ0) is 11.5. The van der Waals surface area contributed by atoms with E-state index in [2.05, 4.69) is 5.32 Å². The van der Waals surface area contributed by atoms with Gasteiger partial charge in [0.15, 0.2) is 0 Å². The Hall–Kier alpha value is -1.52. The Kier molecular flexibility index (Phi) is 3.34. The van der Waals surface area contributed by atoms with Crippen LogP contribution in [-0.4, -0.2) is 6.41 Å². The molecule has 0 spiro atoms. The molecule has 0 aliphatic rings. The highest BCUT2D eigenvalue weighted by Crippen LogP contribution is 2.29. The van der Waals surface area contributed by atoms with Crippen LogP contribution in [0.5, 0.6) is 0 Å². The number of hydrogen-bond donors (Lipinski definition) is 1. The molecule has 82 valence electrons. The van der Waals surface area contributed by atoms with Crippen LogP contribution in [0.25, 0.3) is 0 Å².